The Morgan fingerprint density at radius 1 is 1.04 bits per heavy atom. The first kappa shape index (κ1) is 33.7. The number of fused-ring (bicyclic) bond motifs is 3. The van der Waals surface area contributed by atoms with Gasteiger partial charge in [0.2, 0.25) is 11.8 Å². The van der Waals surface area contributed by atoms with Crippen LogP contribution < -0.4 is 10.6 Å². The molecular weight excluding hydrogens is 650 g/mol. The number of aryl methyl sites for hydroxylation is 3. The summed E-state index contributed by atoms with van der Waals surface area (Å²) in [5, 5.41) is 24.4. The minimum Gasteiger partial charge on any atom is -0.356 e. The Morgan fingerprint density at radius 3 is 2.62 bits per heavy atom. The number of aliphatic imine (C=N–C) groups is 1. The van der Waals surface area contributed by atoms with Gasteiger partial charge in [-0.05, 0) is 70.6 Å². The van der Waals surface area contributed by atoms with E-state index in [0.29, 0.717) is 36.7 Å². The molecule has 5 heterocycles. The van der Waals surface area contributed by atoms with Crippen LogP contribution in [0.1, 0.15) is 109 Å². The first-order valence-corrected chi connectivity index (χ1v) is 17.8. The maximum Gasteiger partial charge on any atom is 0.251 e. The van der Waals surface area contributed by atoms with E-state index in [-0.39, 0.29) is 24.1 Å². The highest BCUT2D eigenvalue weighted by Crippen LogP contribution is 2.39. The molecule has 0 saturated carbocycles. The van der Waals surface area contributed by atoms with Crippen molar-refractivity contribution in [2.75, 3.05) is 6.54 Å². The number of halogens is 1. The van der Waals surface area contributed by atoms with E-state index in [1.54, 1.807) is 16.0 Å². The Kier molecular flexibility index (Phi) is 10.4. The topological polar surface area (TPSA) is 149 Å². The molecule has 1 aromatic carbocycles. The number of amides is 3. The zero-order valence-electron chi connectivity index (χ0n) is 27.5. The number of unbranched alkanes of at least 4 members (excludes halogenated alkanes) is 4. The molecule has 4 aromatic rings. The Morgan fingerprint density at radius 2 is 1.81 bits per heavy atom. The normalized spacial score (nSPS) is 17.6. The zero-order valence-corrected chi connectivity index (χ0v) is 29.0. The molecule has 1 unspecified atom stereocenters. The number of benzene rings is 1. The number of hydrogen-bond acceptors (Lipinski definition) is 9. The van der Waals surface area contributed by atoms with Crippen molar-refractivity contribution in [3.63, 3.8) is 0 Å². The highest BCUT2D eigenvalue weighted by Gasteiger charge is 2.32. The van der Waals surface area contributed by atoms with Gasteiger partial charge in [0.05, 0.1) is 17.8 Å². The molecule has 2 aliphatic rings. The van der Waals surface area contributed by atoms with E-state index in [1.807, 2.05) is 37.4 Å². The summed E-state index contributed by atoms with van der Waals surface area (Å²) in [4.78, 5) is 43.5. The highest BCUT2D eigenvalue weighted by atomic mass is 35.5. The largest absolute Gasteiger partial charge is 0.356 e. The summed E-state index contributed by atoms with van der Waals surface area (Å²) >= 11 is 7.90. The zero-order chi connectivity index (χ0) is 33.8. The van der Waals surface area contributed by atoms with Gasteiger partial charge in [0.1, 0.15) is 22.9 Å². The predicted octanol–water partition coefficient (Wildman–Crippen LogP) is 5.46. The average molecular weight is 690 g/mol. The summed E-state index contributed by atoms with van der Waals surface area (Å²) < 4.78 is 3.64. The number of carbonyl (C=O) groups excluding carboxylic acids is 3. The lowest BCUT2D eigenvalue weighted by Crippen LogP contribution is -2.34. The summed E-state index contributed by atoms with van der Waals surface area (Å²) in [5.41, 5.74) is 4.82. The number of nitrogens with zero attached hydrogens (tertiary/aromatic N) is 7. The fraction of sp³-hybridized carbons (Fsp3) is 0.471. The SMILES string of the molecule is Cc1sc2c(c1C)C(c1ccc(Cl)cc1)=N[C@@H](CC(=O)NCCCCCCCc1cn(C3CCCC(=O)NC3=O)nn1)c1nnc(C)n1-2. The van der Waals surface area contributed by atoms with Crippen LogP contribution in [0.15, 0.2) is 35.5 Å². The van der Waals surface area contributed by atoms with E-state index in [2.05, 4.69) is 49.6 Å². The third-order valence-electron chi connectivity index (χ3n) is 8.99. The number of hydrogen-bond donors (Lipinski definition) is 2. The molecule has 6 rings (SSSR count). The maximum absolute atomic E-state index is 13.2. The molecule has 0 radical (unpaired) electrons. The van der Waals surface area contributed by atoms with Crippen molar-refractivity contribution in [2.24, 2.45) is 4.99 Å². The van der Waals surface area contributed by atoms with Crippen molar-refractivity contribution >= 4 is 46.4 Å². The summed E-state index contributed by atoms with van der Waals surface area (Å²) in [7, 11) is 0. The van der Waals surface area contributed by atoms with Gasteiger partial charge in [-0.1, -0.05) is 48.2 Å². The molecular formula is C34H40ClN9O3S. The lowest BCUT2D eigenvalue weighted by atomic mass is 9.99. The van der Waals surface area contributed by atoms with Crippen molar-refractivity contribution in [2.45, 2.75) is 97.1 Å². The average Bonchev–Trinajstić information content (AvgIpc) is 3.70. The Bertz CT molecular complexity index is 1840. The smallest absolute Gasteiger partial charge is 0.251 e. The van der Waals surface area contributed by atoms with E-state index < -0.39 is 12.1 Å². The Hall–Kier alpha value is -4.23. The second kappa shape index (κ2) is 14.9. The van der Waals surface area contributed by atoms with Gasteiger partial charge in [-0.25, -0.2) is 4.68 Å². The van der Waals surface area contributed by atoms with Gasteiger partial charge < -0.3 is 5.32 Å². The van der Waals surface area contributed by atoms with E-state index in [4.69, 9.17) is 16.6 Å². The van der Waals surface area contributed by atoms with Crippen molar-refractivity contribution < 1.29 is 14.4 Å². The molecule has 48 heavy (non-hydrogen) atoms. The summed E-state index contributed by atoms with van der Waals surface area (Å²) in [6.45, 7) is 6.74. The number of aromatic nitrogens is 6. The summed E-state index contributed by atoms with van der Waals surface area (Å²) in [6.07, 6.45) is 9.25. The summed E-state index contributed by atoms with van der Waals surface area (Å²) in [5.74, 6) is 0.815. The number of carbonyl (C=O) groups is 3. The molecule has 252 valence electrons. The van der Waals surface area contributed by atoms with Crippen LogP contribution in [-0.4, -0.2) is 59.7 Å². The number of imide groups is 1. The molecule has 14 heteroatoms. The fourth-order valence-electron chi connectivity index (χ4n) is 6.27. The van der Waals surface area contributed by atoms with Gasteiger partial charge in [0, 0.05) is 40.2 Å². The van der Waals surface area contributed by atoms with Crippen LogP contribution >= 0.6 is 22.9 Å². The molecule has 3 aromatic heterocycles. The van der Waals surface area contributed by atoms with Crippen LogP contribution in [-0.2, 0) is 20.8 Å². The van der Waals surface area contributed by atoms with Crippen molar-refractivity contribution in [1.82, 2.24) is 40.4 Å². The quantitative estimate of drug-likeness (QED) is 0.148. The van der Waals surface area contributed by atoms with Crippen LogP contribution in [0.2, 0.25) is 5.02 Å². The van der Waals surface area contributed by atoms with Crippen molar-refractivity contribution in [1.29, 1.82) is 0 Å². The molecule has 1 fully saturated rings. The van der Waals surface area contributed by atoms with E-state index >= 15 is 0 Å². The Balaban J connectivity index is 0.995. The van der Waals surface area contributed by atoms with Crippen molar-refractivity contribution in [3.05, 3.63) is 74.4 Å². The monoisotopic (exact) mass is 689 g/mol. The van der Waals surface area contributed by atoms with E-state index in [9.17, 15) is 14.4 Å². The maximum atomic E-state index is 13.2. The number of thiophene rings is 1. The highest BCUT2D eigenvalue weighted by molar-refractivity contribution is 7.15. The number of nitrogens with one attached hydrogen (secondary N) is 2. The van der Waals surface area contributed by atoms with Gasteiger partial charge in [-0.2, -0.15) is 0 Å². The van der Waals surface area contributed by atoms with Crippen LogP contribution in [0.4, 0.5) is 0 Å². The molecule has 3 amide bonds. The van der Waals surface area contributed by atoms with Gasteiger partial charge in [-0.15, -0.1) is 26.6 Å². The second-order valence-corrected chi connectivity index (χ2v) is 14.1. The van der Waals surface area contributed by atoms with Crippen LogP contribution in [0, 0.1) is 20.8 Å². The number of rotatable bonds is 12. The standard InChI is InChI=1S/C34H40ClN9O3S/c1-20-21(2)48-34-30(20)31(23-13-15-24(35)16-14-23)37-26(32-41-39-22(3)44(32)34)18-29(46)36-17-8-6-4-5-7-10-25-19-43(42-40-25)27-11-9-12-28(45)38-33(27)47/h13-16,19,26-27H,4-12,17-18H2,1-3H3,(H,36,46)(H,38,45,47)/t26-,27?/m0/s1. The molecule has 2 aliphatic heterocycles. The van der Waals surface area contributed by atoms with Crippen LogP contribution in [0.25, 0.3) is 5.00 Å². The van der Waals surface area contributed by atoms with Gasteiger partial charge in [0.15, 0.2) is 5.82 Å². The lowest BCUT2D eigenvalue weighted by Gasteiger charge is -2.13. The third-order valence-corrected chi connectivity index (χ3v) is 10.4. The minimum atomic E-state index is -0.492. The van der Waals surface area contributed by atoms with Gasteiger partial charge >= 0.3 is 0 Å². The molecule has 0 spiro atoms. The second-order valence-electron chi connectivity index (χ2n) is 12.5. The summed E-state index contributed by atoms with van der Waals surface area (Å²) in [6, 6.07) is 6.69. The minimum absolute atomic E-state index is 0.0700. The van der Waals surface area contributed by atoms with E-state index in [1.165, 1.54) is 4.88 Å². The van der Waals surface area contributed by atoms with Gasteiger partial charge in [-0.3, -0.25) is 29.3 Å². The predicted molar refractivity (Wildman–Crippen MR) is 184 cm³/mol. The van der Waals surface area contributed by atoms with Crippen LogP contribution in [0.5, 0.6) is 0 Å². The molecule has 0 aliphatic carbocycles. The molecule has 0 bridgehead atoms. The molecule has 2 atom stereocenters. The molecule has 12 nitrogen and oxygen atoms in total. The fourth-order valence-corrected chi connectivity index (χ4v) is 7.61. The molecule has 1 saturated heterocycles. The molecule has 2 N–H and O–H groups in total. The van der Waals surface area contributed by atoms with Crippen LogP contribution in [0.3, 0.4) is 0 Å². The Labute approximate surface area is 288 Å². The first-order valence-electron chi connectivity index (χ1n) is 16.6. The first-order chi connectivity index (χ1) is 23.2. The van der Waals surface area contributed by atoms with Gasteiger partial charge in [0.25, 0.3) is 5.91 Å². The van der Waals surface area contributed by atoms with Crippen molar-refractivity contribution in [3.8, 4) is 5.00 Å². The third kappa shape index (κ3) is 7.41. The van der Waals surface area contributed by atoms with E-state index in [0.717, 1.165) is 77.4 Å². The lowest BCUT2D eigenvalue weighted by molar-refractivity contribution is -0.131.